The third-order valence-electron chi connectivity index (χ3n) is 2.88. The fourth-order valence-electron chi connectivity index (χ4n) is 1.53. The van der Waals surface area contributed by atoms with E-state index in [1.807, 2.05) is 4.72 Å². The van der Waals surface area contributed by atoms with Gasteiger partial charge in [-0.1, -0.05) is 29.8 Å². The van der Waals surface area contributed by atoms with E-state index in [4.69, 9.17) is 0 Å². The van der Waals surface area contributed by atoms with Crippen LogP contribution in [0.1, 0.15) is 31.9 Å². The molecule has 1 aromatic rings. The molecule has 0 aliphatic carbocycles. The van der Waals surface area contributed by atoms with Crippen LogP contribution < -0.4 is 4.72 Å². The van der Waals surface area contributed by atoms with Crippen LogP contribution in [0.3, 0.4) is 0 Å². The summed E-state index contributed by atoms with van der Waals surface area (Å²) in [5, 5.41) is 9.18. The zero-order valence-corrected chi connectivity index (χ0v) is 13.0. The Morgan fingerprint density at radius 3 is 1.95 bits per heavy atom. The van der Waals surface area contributed by atoms with Gasteiger partial charge < -0.3 is 0 Å². The lowest BCUT2D eigenvalue weighted by Crippen LogP contribution is -2.56. The molecule has 1 rings (SSSR count). The highest BCUT2D eigenvalue weighted by atomic mass is 32.2. The summed E-state index contributed by atoms with van der Waals surface area (Å²) in [7, 11) is -2.05. The predicted molar refractivity (Wildman–Crippen MR) is 75.6 cm³/mol. The third kappa shape index (κ3) is 3.63. The monoisotopic (exact) mass is 318 g/mol. The molecule has 1 aromatic carbocycles. The van der Waals surface area contributed by atoms with Crippen LogP contribution in [0.2, 0.25) is 0 Å². The Kier molecular flexibility index (Phi) is 4.86. The molecule has 0 bridgehead atoms. The minimum atomic E-state index is -4.90. The SMILES string of the molecule is Cc1ccc([C@](C#N)(N[S@](=O)C(C)(C)C)C(F)(F)F)cc1. The van der Waals surface area contributed by atoms with Gasteiger partial charge >= 0.3 is 6.18 Å². The summed E-state index contributed by atoms with van der Waals surface area (Å²) >= 11 is 0. The van der Waals surface area contributed by atoms with Gasteiger partial charge in [0.15, 0.2) is 0 Å². The Bertz CT molecular complexity index is 570. The summed E-state index contributed by atoms with van der Waals surface area (Å²) in [6.07, 6.45) is -4.90. The lowest BCUT2D eigenvalue weighted by molar-refractivity contribution is -0.176. The third-order valence-corrected chi connectivity index (χ3v) is 4.48. The molecule has 3 nitrogen and oxygen atoms in total. The highest BCUT2D eigenvalue weighted by Gasteiger charge is 2.58. The molecule has 116 valence electrons. The van der Waals surface area contributed by atoms with E-state index in [0.29, 0.717) is 0 Å². The average molecular weight is 318 g/mol. The van der Waals surface area contributed by atoms with E-state index < -0.39 is 27.4 Å². The summed E-state index contributed by atoms with van der Waals surface area (Å²) in [6, 6.07) is 6.67. The van der Waals surface area contributed by atoms with Crippen molar-refractivity contribution < 1.29 is 17.4 Å². The first-order chi connectivity index (χ1) is 9.44. The van der Waals surface area contributed by atoms with E-state index in [0.717, 1.165) is 5.56 Å². The number of nitriles is 1. The number of hydrogen-bond donors (Lipinski definition) is 1. The van der Waals surface area contributed by atoms with Crippen molar-refractivity contribution in [3.05, 3.63) is 35.4 Å². The molecule has 7 heteroatoms. The number of nitrogens with one attached hydrogen (secondary N) is 1. The molecule has 0 spiro atoms. The minimum Gasteiger partial charge on any atom is -0.242 e. The maximum Gasteiger partial charge on any atom is 0.425 e. The van der Waals surface area contributed by atoms with Crippen LogP contribution in [0.4, 0.5) is 13.2 Å². The second kappa shape index (κ2) is 5.78. The maximum atomic E-state index is 13.5. The molecule has 0 amide bonds. The van der Waals surface area contributed by atoms with Crippen molar-refractivity contribution >= 4 is 11.0 Å². The zero-order chi connectivity index (χ0) is 16.5. The van der Waals surface area contributed by atoms with Crippen LogP contribution in [-0.4, -0.2) is 15.1 Å². The molecular weight excluding hydrogens is 301 g/mol. The number of benzene rings is 1. The summed E-state index contributed by atoms with van der Waals surface area (Å²) < 4.78 is 53.6. The first-order valence-corrected chi connectivity index (χ1v) is 7.34. The van der Waals surface area contributed by atoms with Crippen LogP contribution in [0.25, 0.3) is 0 Å². The molecule has 0 fully saturated rings. The van der Waals surface area contributed by atoms with Crippen molar-refractivity contribution in [2.24, 2.45) is 0 Å². The Labute approximate surface area is 124 Å². The van der Waals surface area contributed by atoms with E-state index in [1.165, 1.54) is 51.1 Å². The number of nitrogens with zero attached hydrogens (tertiary/aromatic N) is 1. The first-order valence-electron chi connectivity index (χ1n) is 6.19. The fourth-order valence-corrected chi connectivity index (χ4v) is 2.39. The smallest absolute Gasteiger partial charge is 0.242 e. The molecule has 0 unspecified atom stereocenters. The van der Waals surface area contributed by atoms with E-state index in [-0.39, 0.29) is 5.56 Å². The van der Waals surface area contributed by atoms with E-state index in [9.17, 15) is 22.6 Å². The minimum absolute atomic E-state index is 0.277. The second-order valence-corrected chi connectivity index (χ2v) is 7.68. The van der Waals surface area contributed by atoms with Gasteiger partial charge in [-0.05, 0) is 33.3 Å². The van der Waals surface area contributed by atoms with Gasteiger partial charge in [0.25, 0.3) is 0 Å². The van der Waals surface area contributed by atoms with Crippen LogP contribution in [-0.2, 0) is 16.5 Å². The topological polar surface area (TPSA) is 52.9 Å². The largest absolute Gasteiger partial charge is 0.425 e. The second-order valence-electron chi connectivity index (χ2n) is 5.71. The van der Waals surface area contributed by atoms with Crippen molar-refractivity contribution in [2.45, 2.75) is 44.2 Å². The average Bonchev–Trinajstić information content (AvgIpc) is 2.34. The van der Waals surface area contributed by atoms with Crippen molar-refractivity contribution in [1.82, 2.24) is 4.72 Å². The van der Waals surface area contributed by atoms with E-state index in [1.54, 1.807) is 6.92 Å². The van der Waals surface area contributed by atoms with Crippen molar-refractivity contribution in [3.8, 4) is 6.07 Å². The first kappa shape index (κ1) is 17.7. The molecule has 0 aromatic heterocycles. The molecule has 0 radical (unpaired) electrons. The number of rotatable bonds is 3. The van der Waals surface area contributed by atoms with Crippen molar-refractivity contribution in [2.75, 3.05) is 0 Å². The normalized spacial score (nSPS) is 16.9. The molecule has 2 atom stereocenters. The standard InChI is InChI=1S/C14H17F3N2OS/c1-10-5-7-11(8-6-10)13(9-18,14(15,16)17)19-21(20)12(2,3)4/h5-8,19H,1-4H3/t13-,21+/m0/s1. The predicted octanol–water partition coefficient (Wildman–Crippen LogP) is 3.33. The zero-order valence-electron chi connectivity index (χ0n) is 12.2. The van der Waals surface area contributed by atoms with Crippen LogP contribution in [0.15, 0.2) is 24.3 Å². The summed E-state index contributed by atoms with van der Waals surface area (Å²) in [4.78, 5) is 0. The van der Waals surface area contributed by atoms with E-state index in [2.05, 4.69) is 0 Å². The molecule has 0 saturated carbocycles. The lowest BCUT2D eigenvalue weighted by Gasteiger charge is -2.32. The lowest BCUT2D eigenvalue weighted by atomic mass is 9.91. The molecule has 0 saturated heterocycles. The molecule has 21 heavy (non-hydrogen) atoms. The number of hydrogen-bond acceptors (Lipinski definition) is 2. The van der Waals surface area contributed by atoms with Gasteiger partial charge in [0.05, 0.1) is 15.7 Å². The molecule has 0 aliphatic rings. The van der Waals surface area contributed by atoms with Crippen LogP contribution in [0.5, 0.6) is 0 Å². The fraction of sp³-hybridized carbons (Fsp3) is 0.500. The van der Waals surface area contributed by atoms with Gasteiger partial charge in [-0.3, -0.25) is 0 Å². The molecule has 1 N–H and O–H groups in total. The molecule has 0 aliphatic heterocycles. The summed E-state index contributed by atoms with van der Waals surface area (Å²) in [5.74, 6) is 0. The quantitative estimate of drug-likeness (QED) is 0.929. The van der Waals surface area contributed by atoms with Gasteiger partial charge in [0, 0.05) is 0 Å². The summed E-state index contributed by atoms with van der Waals surface area (Å²) in [6.45, 7) is 6.32. The van der Waals surface area contributed by atoms with Gasteiger partial charge in [0.2, 0.25) is 5.54 Å². The molecule has 0 heterocycles. The van der Waals surface area contributed by atoms with Gasteiger partial charge in [-0.25, -0.2) is 8.93 Å². The van der Waals surface area contributed by atoms with Crippen LogP contribution >= 0.6 is 0 Å². The Hall–Kier alpha value is -1.39. The van der Waals surface area contributed by atoms with E-state index >= 15 is 0 Å². The van der Waals surface area contributed by atoms with Crippen LogP contribution in [0, 0.1) is 18.3 Å². The Morgan fingerprint density at radius 2 is 1.62 bits per heavy atom. The number of aryl methyl sites for hydroxylation is 1. The Morgan fingerprint density at radius 1 is 1.14 bits per heavy atom. The maximum absolute atomic E-state index is 13.5. The molecular formula is C14H17F3N2OS. The van der Waals surface area contributed by atoms with Crippen molar-refractivity contribution in [3.63, 3.8) is 0 Å². The van der Waals surface area contributed by atoms with Crippen molar-refractivity contribution in [1.29, 1.82) is 5.26 Å². The Balaban J connectivity index is 3.41. The highest BCUT2D eigenvalue weighted by Crippen LogP contribution is 2.39. The summed E-state index contributed by atoms with van der Waals surface area (Å²) in [5.41, 5.74) is -2.51. The van der Waals surface area contributed by atoms with Gasteiger partial charge in [-0.2, -0.15) is 18.4 Å². The number of alkyl halides is 3. The number of halogens is 3. The van der Waals surface area contributed by atoms with Gasteiger partial charge in [-0.15, -0.1) is 0 Å². The highest BCUT2D eigenvalue weighted by molar-refractivity contribution is 7.84. The van der Waals surface area contributed by atoms with Gasteiger partial charge in [0.1, 0.15) is 6.07 Å².